The average molecular weight is 571 g/mol. The maximum absolute atomic E-state index is 13.7. The van der Waals surface area contributed by atoms with Crippen LogP contribution >= 0.6 is 0 Å². The summed E-state index contributed by atoms with van der Waals surface area (Å²) in [4.78, 5) is 56.3. The Bertz CT molecular complexity index is 1540. The Hall–Kier alpha value is -3.85. The fourth-order valence-electron chi connectivity index (χ4n) is 7.50. The van der Waals surface area contributed by atoms with Crippen LogP contribution in [0.2, 0.25) is 0 Å². The second-order valence-electron chi connectivity index (χ2n) is 13.2. The van der Waals surface area contributed by atoms with Crippen LogP contribution in [-0.4, -0.2) is 71.2 Å². The Kier molecular flexibility index (Phi) is 6.34. The number of nitrogens with zero attached hydrogens (tertiary/aromatic N) is 3. The Morgan fingerprint density at radius 3 is 2.36 bits per heavy atom. The highest BCUT2D eigenvalue weighted by Gasteiger charge is 2.47. The zero-order valence-electron chi connectivity index (χ0n) is 24.0. The van der Waals surface area contributed by atoms with Crippen molar-refractivity contribution in [2.45, 2.75) is 70.5 Å². The predicted molar refractivity (Wildman–Crippen MR) is 155 cm³/mol. The van der Waals surface area contributed by atoms with Crippen LogP contribution in [0.1, 0.15) is 78.7 Å². The molecule has 6 aliphatic rings. The first-order chi connectivity index (χ1) is 20.1. The number of rotatable bonds is 5. The van der Waals surface area contributed by atoms with Crippen LogP contribution in [0.3, 0.4) is 0 Å². The molecule has 5 aliphatic heterocycles. The van der Waals surface area contributed by atoms with E-state index in [-0.39, 0.29) is 30.0 Å². The molecule has 0 spiro atoms. The van der Waals surface area contributed by atoms with Crippen molar-refractivity contribution in [3.05, 3.63) is 70.5 Å². The first-order valence-electron chi connectivity index (χ1n) is 14.9. The van der Waals surface area contributed by atoms with Gasteiger partial charge in [0.2, 0.25) is 11.8 Å². The summed E-state index contributed by atoms with van der Waals surface area (Å²) in [7, 11) is 0. The number of anilines is 1. The van der Waals surface area contributed by atoms with E-state index < -0.39 is 23.8 Å². The Balaban J connectivity index is 1.07. The summed E-state index contributed by atoms with van der Waals surface area (Å²) in [6.45, 7) is 7.20. The summed E-state index contributed by atoms with van der Waals surface area (Å²) in [5.41, 5.74) is 5.68. The maximum atomic E-state index is 13.7. The van der Waals surface area contributed by atoms with Gasteiger partial charge in [-0.3, -0.25) is 34.3 Å². The number of carbonyl (C=O) groups is 4. The van der Waals surface area contributed by atoms with Crippen molar-refractivity contribution in [1.82, 2.24) is 15.1 Å². The minimum atomic E-state index is -0.964. The van der Waals surface area contributed by atoms with Gasteiger partial charge in [-0.1, -0.05) is 31.6 Å². The molecule has 1 N–H and O–H groups in total. The number of fused-ring (bicyclic) bond motifs is 3. The molecule has 3 unspecified atom stereocenters. The SMILES string of the molecule is CC1(C)CCC(CN2C3CC2CN(c2ccc4c(c2)C(=O)N(C2CCC(=O)NC2=O)C4=O)C3)=C(c2ccc(F)cc2)C1. The second kappa shape index (κ2) is 9.87. The van der Waals surface area contributed by atoms with Crippen LogP contribution in [0.5, 0.6) is 0 Å². The van der Waals surface area contributed by atoms with Crippen LogP contribution in [0.25, 0.3) is 5.57 Å². The van der Waals surface area contributed by atoms with Crippen LogP contribution < -0.4 is 10.2 Å². The molecule has 0 aromatic heterocycles. The predicted octanol–water partition coefficient (Wildman–Crippen LogP) is 4.15. The van der Waals surface area contributed by atoms with Crippen LogP contribution in [0, 0.1) is 11.2 Å². The molecular formula is C33H35FN4O4. The molecule has 4 fully saturated rings. The molecule has 9 heteroatoms. The van der Waals surface area contributed by atoms with E-state index in [0.717, 1.165) is 61.5 Å². The van der Waals surface area contributed by atoms with E-state index in [1.54, 1.807) is 24.3 Å². The van der Waals surface area contributed by atoms with Crippen molar-refractivity contribution in [2.75, 3.05) is 24.5 Å². The van der Waals surface area contributed by atoms with Gasteiger partial charge in [-0.05, 0) is 79.0 Å². The molecule has 5 heterocycles. The first kappa shape index (κ1) is 27.0. The summed E-state index contributed by atoms with van der Waals surface area (Å²) in [5.74, 6) is -2.16. The van der Waals surface area contributed by atoms with Gasteiger partial charge in [-0.25, -0.2) is 4.39 Å². The fourth-order valence-corrected chi connectivity index (χ4v) is 7.50. The van der Waals surface area contributed by atoms with Gasteiger partial charge in [-0.15, -0.1) is 0 Å². The molecule has 1 aliphatic carbocycles. The fraction of sp³-hybridized carbons (Fsp3) is 0.455. The van der Waals surface area contributed by atoms with Gasteiger partial charge in [0.05, 0.1) is 11.1 Å². The van der Waals surface area contributed by atoms with Gasteiger partial charge in [0.15, 0.2) is 0 Å². The van der Waals surface area contributed by atoms with E-state index in [1.165, 1.54) is 11.1 Å². The van der Waals surface area contributed by atoms with Crippen molar-refractivity contribution in [1.29, 1.82) is 0 Å². The summed E-state index contributed by atoms with van der Waals surface area (Å²) in [6, 6.07) is 12.1. The number of hydrogen-bond acceptors (Lipinski definition) is 6. The number of allylic oxidation sites excluding steroid dienone is 1. The number of amides is 4. The molecule has 218 valence electrons. The molecular weight excluding hydrogens is 535 g/mol. The molecule has 4 saturated heterocycles. The third-order valence-electron chi connectivity index (χ3n) is 9.88. The van der Waals surface area contributed by atoms with Crippen molar-refractivity contribution >= 4 is 34.9 Å². The molecule has 4 amide bonds. The quantitative estimate of drug-likeness (QED) is 0.544. The molecule has 8 rings (SSSR count). The van der Waals surface area contributed by atoms with E-state index in [2.05, 4.69) is 29.0 Å². The second-order valence-corrected chi connectivity index (χ2v) is 13.2. The highest BCUT2D eigenvalue weighted by molar-refractivity contribution is 6.23. The summed E-state index contributed by atoms with van der Waals surface area (Å²) in [6.07, 6.45) is 4.55. The van der Waals surface area contributed by atoms with Crippen molar-refractivity contribution < 1.29 is 23.6 Å². The molecule has 42 heavy (non-hydrogen) atoms. The number of benzene rings is 2. The zero-order chi connectivity index (χ0) is 29.3. The van der Waals surface area contributed by atoms with E-state index in [1.807, 2.05) is 18.2 Å². The minimum Gasteiger partial charge on any atom is -0.368 e. The molecule has 2 aromatic rings. The highest BCUT2D eigenvalue weighted by Crippen LogP contribution is 2.45. The van der Waals surface area contributed by atoms with Crippen molar-refractivity contribution in [2.24, 2.45) is 5.41 Å². The van der Waals surface area contributed by atoms with E-state index >= 15 is 0 Å². The maximum Gasteiger partial charge on any atom is 0.262 e. The largest absolute Gasteiger partial charge is 0.368 e. The van der Waals surface area contributed by atoms with Crippen LogP contribution in [0.15, 0.2) is 48.0 Å². The summed E-state index contributed by atoms with van der Waals surface area (Å²) >= 11 is 0. The van der Waals surface area contributed by atoms with E-state index in [4.69, 9.17) is 0 Å². The zero-order valence-corrected chi connectivity index (χ0v) is 24.0. The summed E-state index contributed by atoms with van der Waals surface area (Å²) < 4.78 is 13.7. The third kappa shape index (κ3) is 4.54. The lowest BCUT2D eigenvalue weighted by Gasteiger charge is -2.57. The van der Waals surface area contributed by atoms with Gasteiger partial charge < -0.3 is 4.90 Å². The lowest BCUT2D eigenvalue weighted by molar-refractivity contribution is -0.136. The number of piperazine rings is 1. The minimum absolute atomic E-state index is 0.0994. The van der Waals surface area contributed by atoms with Crippen molar-refractivity contribution in [3.8, 4) is 0 Å². The highest BCUT2D eigenvalue weighted by atomic mass is 19.1. The molecule has 0 radical (unpaired) electrons. The van der Waals surface area contributed by atoms with Gasteiger partial charge in [0.25, 0.3) is 11.8 Å². The normalized spacial score (nSPS) is 27.3. The smallest absolute Gasteiger partial charge is 0.262 e. The average Bonchev–Trinajstić information content (AvgIpc) is 3.21. The van der Waals surface area contributed by atoms with E-state index in [9.17, 15) is 23.6 Å². The molecule has 8 nitrogen and oxygen atoms in total. The topological polar surface area (TPSA) is 90.0 Å². The van der Waals surface area contributed by atoms with Gasteiger partial charge in [-0.2, -0.15) is 0 Å². The molecule has 0 saturated carbocycles. The molecule has 2 aromatic carbocycles. The monoisotopic (exact) mass is 570 g/mol. The van der Waals surface area contributed by atoms with E-state index in [0.29, 0.717) is 23.2 Å². The summed E-state index contributed by atoms with van der Waals surface area (Å²) in [5, 5.41) is 2.24. The Labute approximate surface area is 244 Å². The number of carbonyl (C=O) groups excluding carboxylic acids is 4. The standard InChI is InChI=1S/C33H35FN4O4/c1-33(2)12-11-20(27(15-33)19-3-5-21(34)6-4-19)16-37-23-13-24(37)18-36(17-23)22-7-8-25-26(14-22)32(42)38(31(25)41)28-9-10-29(39)35-30(28)40/h3-8,14,23-24,28H,9-13,15-18H2,1-2H3,(H,35,39,40). The molecule has 2 bridgehead atoms. The van der Waals surface area contributed by atoms with Crippen LogP contribution in [0.4, 0.5) is 10.1 Å². The lowest BCUT2D eigenvalue weighted by atomic mass is 9.72. The Morgan fingerprint density at radius 2 is 1.64 bits per heavy atom. The Morgan fingerprint density at radius 1 is 0.929 bits per heavy atom. The lowest BCUT2D eigenvalue weighted by Crippen LogP contribution is -2.69. The third-order valence-corrected chi connectivity index (χ3v) is 9.88. The number of nitrogens with one attached hydrogen (secondary N) is 1. The van der Waals surface area contributed by atoms with Crippen molar-refractivity contribution in [3.63, 3.8) is 0 Å². The number of piperidine rings is 2. The van der Waals surface area contributed by atoms with Gasteiger partial charge in [0, 0.05) is 43.8 Å². The number of imide groups is 2. The van der Waals surface area contributed by atoms with Crippen LogP contribution in [-0.2, 0) is 9.59 Å². The first-order valence-corrected chi connectivity index (χ1v) is 14.9. The van der Waals surface area contributed by atoms with Gasteiger partial charge >= 0.3 is 0 Å². The molecule has 3 atom stereocenters. The van der Waals surface area contributed by atoms with Gasteiger partial charge in [0.1, 0.15) is 11.9 Å². The number of halogens is 1. The number of hydrogen-bond donors (Lipinski definition) is 1.